The fourth-order valence-corrected chi connectivity index (χ4v) is 3.65. The van der Waals surface area contributed by atoms with Crippen molar-refractivity contribution in [2.24, 2.45) is 5.92 Å². The van der Waals surface area contributed by atoms with E-state index in [2.05, 4.69) is 29.6 Å². The van der Waals surface area contributed by atoms with Gasteiger partial charge in [-0.2, -0.15) is 0 Å². The molecule has 0 amide bonds. The largest absolute Gasteiger partial charge is 0.469 e. The fraction of sp³-hybridized carbons (Fsp3) is 0.429. The molecule has 2 aromatic rings. The topological polar surface area (TPSA) is 55.4 Å². The molecule has 3 rings (SSSR count). The summed E-state index contributed by atoms with van der Waals surface area (Å²) in [6, 6.07) is 14.6. The van der Waals surface area contributed by atoms with Crippen LogP contribution < -0.4 is 5.32 Å². The molecule has 1 aliphatic carbocycles. The van der Waals surface area contributed by atoms with E-state index < -0.39 is 0 Å². The monoisotopic (exact) mass is 339 g/mol. The lowest BCUT2D eigenvalue weighted by Gasteiger charge is -2.28. The van der Waals surface area contributed by atoms with Crippen LogP contribution >= 0.6 is 0 Å². The summed E-state index contributed by atoms with van der Waals surface area (Å²) in [7, 11) is 1.44. The third-order valence-corrected chi connectivity index (χ3v) is 5.01. The number of benzene rings is 2. The van der Waals surface area contributed by atoms with Crippen molar-refractivity contribution in [3.63, 3.8) is 0 Å². The van der Waals surface area contributed by atoms with Crippen LogP contribution in [0.4, 0.5) is 0 Å². The Hall–Kier alpha value is -2.20. The van der Waals surface area contributed by atoms with Crippen LogP contribution in [0.3, 0.4) is 0 Å². The van der Waals surface area contributed by atoms with Crippen molar-refractivity contribution >= 4 is 22.5 Å². The molecule has 25 heavy (non-hydrogen) atoms. The van der Waals surface area contributed by atoms with E-state index >= 15 is 0 Å². The molecule has 1 N–H and O–H groups in total. The number of nitrogens with one attached hydrogen (secondary N) is 1. The van der Waals surface area contributed by atoms with Gasteiger partial charge in [0.15, 0.2) is 5.78 Å². The Balaban J connectivity index is 1.51. The Labute approximate surface area is 148 Å². The Morgan fingerprint density at radius 1 is 1.12 bits per heavy atom. The number of fused-ring (bicyclic) bond motifs is 1. The highest BCUT2D eigenvalue weighted by molar-refractivity contribution is 5.86. The van der Waals surface area contributed by atoms with Gasteiger partial charge in [0.1, 0.15) is 0 Å². The number of ketones is 1. The lowest BCUT2D eigenvalue weighted by atomic mass is 9.85. The Morgan fingerprint density at radius 2 is 1.92 bits per heavy atom. The van der Waals surface area contributed by atoms with Crippen molar-refractivity contribution in [2.45, 2.75) is 38.1 Å². The van der Waals surface area contributed by atoms with Gasteiger partial charge >= 0.3 is 5.97 Å². The minimum atomic E-state index is -0.131. The van der Waals surface area contributed by atoms with Crippen LogP contribution in [0.2, 0.25) is 0 Å². The van der Waals surface area contributed by atoms with E-state index in [1.165, 1.54) is 12.5 Å². The summed E-state index contributed by atoms with van der Waals surface area (Å²) < 4.78 is 4.84. The number of methoxy groups -OCH3 is 1. The molecule has 1 aliphatic rings. The first-order valence-electron chi connectivity index (χ1n) is 8.96. The van der Waals surface area contributed by atoms with Crippen LogP contribution in [0.5, 0.6) is 0 Å². The second-order valence-electron chi connectivity index (χ2n) is 6.86. The first-order chi connectivity index (χ1) is 12.2. The molecule has 0 aromatic heterocycles. The van der Waals surface area contributed by atoms with Gasteiger partial charge in [0.05, 0.1) is 19.6 Å². The third kappa shape index (κ3) is 4.67. The maximum Gasteiger partial charge on any atom is 0.308 e. The van der Waals surface area contributed by atoms with Crippen molar-refractivity contribution in [1.29, 1.82) is 0 Å². The molecule has 2 unspecified atom stereocenters. The molecule has 2 aromatic carbocycles. The average Bonchev–Trinajstić information content (AvgIpc) is 2.66. The van der Waals surface area contributed by atoms with Gasteiger partial charge in [-0.15, -0.1) is 0 Å². The highest BCUT2D eigenvalue weighted by atomic mass is 16.5. The molecule has 0 radical (unpaired) electrons. The Morgan fingerprint density at radius 3 is 2.72 bits per heavy atom. The van der Waals surface area contributed by atoms with E-state index in [0.29, 0.717) is 13.0 Å². The standard InChI is InChI=1S/C21H25NO3/c1-25-21(24)18-7-4-8-19(13-18)22-14-20(23)12-15-9-10-16-5-2-3-6-17(16)11-15/h2-3,5-6,9-11,18-19,22H,4,7-8,12-14H2,1H3. The second-order valence-corrected chi connectivity index (χ2v) is 6.86. The van der Waals surface area contributed by atoms with Gasteiger partial charge in [0.2, 0.25) is 0 Å². The van der Waals surface area contributed by atoms with Crippen molar-refractivity contribution in [2.75, 3.05) is 13.7 Å². The average molecular weight is 339 g/mol. The number of carbonyl (C=O) groups is 2. The van der Waals surface area contributed by atoms with Gasteiger partial charge in [-0.1, -0.05) is 48.9 Å². The zero-order valence-corrected chi connectivity index (χ0v) is 14.7. The van der Waals surface area contributed by atoms with Gasteiger partial charge in [-0.05, 0) is 35.6 Å². The maximum atomic E-state index is 12.3. The number of esters is 1. The van der Waals surface area contributed by atoms with E-state index in [0.717, 1.165) is 36.6 Å². The molecular formula is C21H25NO3. The highest BCUT2D eigenvalue weighted by Gasteiger charge is 2.27. The molecule has 4 nitrogen and oxygen atoms in total. The molecule has 0 bridgehead atoms. The molecular weight excluding hydrogens is 314 g/mol. The van der Waals surface area contributed by atoms with Gasteiger partial charge in [-0.25, -0.2) is 0 Å². The molecule has 0 aliphatic heterocycles. The SMILES string of the molecule is COC(=O)C1CCCC(NCC(=O)Cc2ccc3ccccc3c2)C1. The molecule has 0 spiro atoms. The lowest BCUT2D eigenvalue weighted by molar-refractivity contribution is -0.146. The molecule has 0 heterocycles. The normalized spacial score (nSPS) is 20.4. The van der Waals surface area contributed by atoms with Crippen LogP contribution in [0.1, 0.15) is 31.2 Å². The number of hydrogen-bond acceptors (Lipinski definition) is 4. The van der Waals surface area contributed by atoms with E-state index in [4.69, 9.17) is 4.74 Å². The Kier molecular flexibility index (Phi) is 5.82. The highest BCUT2D eigenvalue weighted by Crippen LogP contribution is 2.25. The van der Waals surface area contributed by atoms with E-state index in [1.54, 1.807) is 0 Å². The second kappa shape index (κ2) is 8.26. The van der Waals surface area contributed by atoms with Crippen LogP contribution in [0.15, 0.2) is 42.5 Å². The molecule has 2 atom stereocenters. The van der Waals surface area contributed by atoms with Crippen molar-refractivity contribution < 1.29 is 14.3 Å². The van der Waals surface area contributed by atoms with Gasteiger partial charge < -0.3 is 10.1 Å². The van der Waals surface area contributed by atoms with Crippen LogP contribution in [0.25, 0.3) is 10.8 Å². The number of rotatable bonds is 6. The summed E-state index contributed by atoms with van der Waals surface area (Å²) in [6.07, 6.45) is 4.09. The molecule has 1 saturated carbocycles. The zero-order valence-electron chi connectivity index (χ0n) is 14.7. The van der Waals surface area contributed by atoms with Gasteiger partial charge in [0.25, 0.3) is 0 Å². The fourth-order valence-electron chi connectivity index (χ4n) is 3.65. The molecule has 1 fully saturated rings. The van der Waals surface area contributed by atoms with Crippen molar-refractivity contribution in [3.8, 4) is 0 Å². The number of ether oxygens (including phenoxy) is 1. The number of Topliss-reactive ketones (excluding diaryl/α,β-unsaturated/α-hetero) is 1. The first-order valence-corrected chi connectivity index (χ1v) is 8.96. The van der Waals surface area contributed by atoms with E-state index in [9.17, 15) is 9.59 Å². The lowest BCUT2D eigenvalue weighted by Crippen LogP contribution is -2.39. The van der Waals surface area contributed by atoms with Crippen LogP contribution in [-0.4, -0.2) is 31.4 Å². The zero-order chi connectivity index (χ0) is 17.6. The summed E-state index contributed by atoms with van der Waals surface area (Å²) in [4.78, 5) is 24.0. The predicted molar refractivity (Wildman–Crippen MR) is 98.4 cm³/mol. The van der Waals surface area contributed by atoms with E-state index in [1.807, 2.05) is 18.2 Å². The molecule has 132 valence electrons. The summed E-state index contributed by atoms with van der Waals surface area (Å²) in [5.74, 6) is 0.0105. The molecule has 0 saturated heterocycles. The number of hydrogen-bond donors (Lipinski definition) is 1. The summed E-state index contributed by atoms with van der Waals surface area (Å²) in [5.41, 5.74) is 1.04. The minimum Gasteiger partial charge on any atom is -0.469 e. The quantitative estimate of drug-likeness (QED) is 0.821. The predicted octanol–water partition coefficient (Wildman–Crippen LogP) is 3.27. The first kappa shape index (κ1) is 17.6. The van der Waals surface area contributed by atoms with Crippen molar-refractivity contribution in [1.82, 2.24) is 5.32 Å². The Bertz CT molecular complexity index is 756. The van der Waals surface area contributed by atoms with Gasteiger partial charge in [-0.3, -0.25) is 9.59 Å². The van der Waals surface area contributed by atoms with Crippen molar-refractivity contribution in [3.05, 3.63) is 48.0 Å². The third-order valence-electron chi connectivity index (χ3n) is 5.01. The number of carbonyl (C=O) groups excluding carboxylic acids is 2. The molecule has 4 heteroatoms. The maximum absolute atomic E-state index is 12.3. The summed E-state index contributed by atoms with van der Waals surface area (Å²) >= 11 is 0. The van der Waals surface area contributed by atoms with Gasteiger partial charge in [0, 0.05) is 12.5 Å². The minimum absolute atomic E-state index is 0.0353. The smallest absolute Gasteiger partial charge is 0.308 e. The summed E-state index contributed by atoms with van der Waals surface area (Å²) in [6.45, 7) is 0.353. The summed E-state index contributed by atoms with van der Waals surface area (Å²) in [5, 5.41) is 5.68. The van der Waals surface area contributed by atoms with Crippen LogP contribution in [0, 0.1) is 5.92 Å². The van der Waals surface area contributed by atoms with Crippen LogP contribution in [-0.2, 0) is 20.7 Å². The van der Waals surface area contributed by atoms with E-state index in [-0.39, 0.29) is 23.7 Å².